The Hall–Kier alpha value is -1.50. The normalized spacial score (nSPS) is 23.5. The Bertz CT molecular complexity index is 553. The molecule has 0 spiro atoms. The van der Waals surface area contributed by atoms with Crippen molar-refractivity contribution in [3.63, 3.8) is 0 Å². The van der Waals surface area contributed by atoms with Crippen molar-refractivity contribution in [1.29, 1.82) is 0 Å². The Labute approximate surface area is 125 Å². The van der Waals surface area contributed by atoms with Gasteiger partial charge in [-0.15, -0.1) is 0 Å². The molecule has 1 N–H and O–H groups in total. The first kappa shape index (κ1) is 15.9. The second-order valence-electron chi connectivity index (χ2n) is 5.22. The number of non-ortho nitro benzene ring substituents is 1. The van der Waals surface area contributed by atoms with Gasteiger partial charge in [-0.05, 0) is 25.3 Å². The van der Waals surface area contributed by atoms with Crippen molar-refractivity contribution in [2.24, 2.45) is 0 Å². The second-order valence-corrected chi connectivity index (χ2v) is 7.23. The van der Waals surface area contributed by atoms with Crippen molar-refractivity contribution in [3.8, 4) is 0 Å². The lowest BCUT2D eigenvalue weighted by molar-refractivity contribution is -0.385. The van der Waals surface area contributed by atoms with Crippen LogP contribution in [0.3, 0.4) is 0 Å². The number of benzene rings is 1. The van der Waals surface area contributed by atoms with E-state index in [4.69, 9.17) is 0 Å². The standard InChI is InChI=1S/C14H19FN2O3S/c1-2-21(20)12-5-3-4-10(8-12)16-14-7-6-11(17(18)19)9-13(14)15/h6-7,9-10,12,16H,2-5,8H2,1H3/t10-,12-,21-/m0/s1. The lowest BCUT2D eigenvalue weighted by atomic mass is 9.94. The van der Waals surface area contributed by atoms with E-state index in [1.807, 2.05) is 6.92 Å². The summed E-state index contributed by atoms with van der Waals surface area (Å²) in [6.45, 7) is 1.91. The van der Waals surface area contributed by atoms with Gasteiger partial charge in [-0.3, -0.25) is 14.3 Å². The van der Waals surface area contributed by atoms with E-state index in [-0.39, 0.29) is 22.7 Å². The molecule has 0 radical (unpaired) electrons. The number of nitro benzene ring substituents is 1. The van der Waals surface area contributed by atoms with Crippen molar-refractivity contribution >= 4 is 22.2 Å². The highest BCUT2D eigenvalue weighted by molar-refractivity contribution is 7.85. The third kappa shape index (κ3) is 4.00. The smallest absolute Gasteiger partial charge is 0.272 e. The summed E-state index contributed by atoms with van der Waals surface area (Å²) in [7, 11) is -0.830. The number of nitrogens with zero attached hydrogens (tertiary/aromatic N) is 1. The van der Waals surface area contributed by atoms with E-state index >= 15 is 0 Å². The van der Waals surface area contributed by atoms with Crippen molar-refractivity contribution in [1.82, 2.24) is 0 Å². The van der Waals surface area contributed by atoms with Gasteiger partial charge in [0.2, 0.25) is 0 Å². The quantitative estimate of drug-likeness (QED) is 0.669. The molecule has 116 valence electrons. The Kier molecular flexibility index (Phi) is 5.27. The van der Waals surface area contributed by atoms with Gasteiger partial charge in [-0.25, -0.2) is 4.39 Å². The third-order valence-corrected chi connectivity index (χ3v) is 5.55. The van der Waals surface area contributed by atoms with E-state index in [0.29, 0.717) is 5.75 Å². The fourth-order valence-electron chi connectivity index (χ4n) is 2.71. The van der Waals surface area contributed by atoms with Crippen molar-refractivity contribution < 1.29 is 13.5 Å². The maximum atomic E-state index is 13.9. The highest BCUT2D eigenvalue weighted by Crippen LogP contribution is 2.27. The molecule has 7 heteroatoms. The number of hydrogen-bond donors (Lipinski definition) is 1. The van der Waals surface area contributed by atoms with E-state index < -0.39 is 21.5 Å². The SMILES string of the molecule is CC[S@](=O)[C@H]1CCC[C@H](Nc2ccc([N+](=O)[O-])cc2F)C1. The average Bonchev–Trinajstić information content (AvgIpc) is 2.48. The van der Waals surface area contributed by atoms with Gasteiger partial charge in [0.15, 0.2) is 5.82 Å². The summed E-state index contributed by atoms with van der Waals surface area (Å²) >= 11 is 0. The van der Waals surface area contributed by atoms with Crippen LogP contribution in [0.5, 0.6) is 0 Å². The van der Waals surface area contributed by atoms with E-state index in [1.54, 1.807) is 0 Å². The number of rotatable bonds is 5. The Morgan fingerprint density at radius 1 is 1.48 bits per heavy atom. The molecule has 1 saturated carbocycles. The fraction of sp³-hybridized carbons (Fsp3) is 0.571. The van der Waals surface area contributed by atoms with Gasteiger partial charge in [0.05, 0.1) is 16.7 Å². The van der Waals surface area contributed by atoms with Crippen LogP contribution in [0.25, 0.3) is 0 Å². The minimum absolute atomic E-state index is 0.0650. The zero-order chi connectivity index (χ0) is 15.4. The van der Waals surface area contributed by atoms with Crippen molar-refractivity contribution in [3.05, 3.63) is 34.1 Å². The second kappa shape index (κ2) is 6.98. The van der Waals surface area contributed by atoms with Crippen LogP contribution in [0.1, 0.15) is 32.6 Å². The Morgan fingerprint density at radius 3 is 2.86 bits per heavy atom. The molecular weight excluding hydrogens is 295 g/mol. The van der Waals surface area contributed by atoms with Gasteiger partial charge in [0, 0.05) is 33.9 Å². The first-order valence-electron chi connectivity index (χ1n) is 7.09. The number of halogens is 1. The minimum atomic E-state index is -0.830. The lowest BCUT2D eigenvalue weighted by Gasteiger charge is -2.29. The molecule has 1 aromatic carbocycles. The van der Waals surface area contributed by atoms with E-state index in [0.717, 1.165) is 31.7 Å². The summed E-state index contributed by atoms with van der Waals surface area (Å²) in [4.78, 5) is 9.97. The summed E-state index contributed by atoms with van der Waals surface area (Å²) in [6, 6.07) is 3.67. The van der Waals surface area contributed by atoms with E-state index in [9.17, 15) is 18.7 Å². The number of hydrogen-bond acceptors (Lipinski definition) is 4. The van der Waals surface area contributed by atoms with Gasteiger partial charge in [-0.1, -0.05) is 13.3 Å². The summed E-state index contributed by atoms with van der Waals surface area (Å²) in [5.41, 5.74) is 0.0141. The van der Waals surface area contributed by atoms with Gasteiger partial charge in [0.1, 0.15) is 0 Å². The molecule has 0 saturated heterocycles. The highest BCUT2D eigenvalue weighted by Gasteiger charge is 2.26. The summed E-state index contributed by atoms with van der Waals surface area (Å²) in [5.74, 6) is 0.0199. The van der Waals surface area contributed by atoms with Gasteiger partial charge >= 0.3 is 0 Å². The van der Waals surface area contributed by atoms with Crippen molar-refractivity contribution in [2.45, 2.75) is 43.9 Å². The van der Waals surface area contributed by atoms with Crippen LogP contribution in [0.15, 0.2) is 18.2 Å². The maximum Gasteiger partial charge on any atom is 0.272 e. The monoisotopic (exact) mass is 314 g/mol. The number of anilines is 1. The molecule has 21 heavy (non-hydrogen) atoms. The molecule has 2 rings (SSSR count). The van der Waals surface area contributed by atoms with Gasteiger partial charge in [-0.2, -0.15) is 0 Å². The largest absolute Gasteiger partial charge is 0.380 e. The van der Waals surface area contributed by atoms with Crippen molar-refractivity contribution in [2.75, 3.05) is 11.1 Å². The van der Waals surface area contributed by atoms with Crippen LogP contribution in [-0.2, 0) is 10.8 Å². The summed E-state index contributed by atoms with van der Waals surface area (Å²) < 4.78 is 25.7. The number of nitro groups is 1. The zero-order valence-electron chi connectivity index (χ0n) is 11.9. The summed E-state index contributed by atoms with van der Waals surface area (Å²) in [5, 5.41) is 13.8. The third-order valence-electron chi connectivity index (χ3n) is 3.81. The molecular formula is C14H19FN2O3S. The van der Waals surface area contributed by atoms with Crippen LogP contribution < -0.4 is 5.32 Å². The van der Waals surface area contributed by atoms with E-state index in [1.165, 1.54) is 12.1 Å². The lowest BCUT2D eigenvalue weighted by Crippen LogP contribution is -2.33. The molecule has 1 aliphatic rings. The Morgan fingerprint density at radius 2 is 2.24 bits per heavy atom. The topological polar surface area (TPSA) is 72.2 Å². The van der Waals surface area contributed by atoms with Crippen LogP contribution in [0, 0.1) is 15.9 Å². The molecule has 0 heterocycles. The Balaban J connectivity index is 2.04. The average molecular weight is 314 g/mol. The van der Waals surface area contributed by atoms with Gasteiger partial charge < -0.3 is 5.32 Å². The first-order valence-corrected chi connectivity index (χ1v) is 8.47. The molecule has 1 aliphatic carbocycles. The van der Waals surface area contributed by atoms with Crippen LogP contribution in [0.2, 0.25) is 0 Å². The zero-order valence-corrected chi connectivity index (χ0v) is 12.7. The highest BCUT2D eigenvalue weighted by atomic mass is 32.2. The van der Waals surface area contributed by atoms with E-state index in [2.05, 4.69) is 5.32 Å². The predicted octanol–water partition coefficient (Wildman–Crippen LogP) is 3.23. The van der Waals surface area contributed by atoms with Crippen LogP contribution >= 0.6 is 0 Å². The molecule has 5 nitrogen and oxygen atoms in total. The van der Waals surface area contributed by atoms with Gasteiger partial charge in [0.25, 0.3) is 5.69 Å². The van der Waals surface area contributed by atoms with Crippen LogP contribution in [-0.4, -0.2) is 26.2 Å². The molecule has 1 aromatic rings. The number of nitrogens with one attached hydrogen (secondary N) is 1. The predicted molar refractivity (Wildman–Crippen MR) is 81.4 cm³/mol. The fourth-order valence-corrected chi connectivity index (χ4v) is 4.05. The molecule has 0 unspecified atom stereocenters. The molecule has 0 aromatic heterocycles. The summed E-state index contributed by atoms with van der Waals surface area (Å²) in [6.07, 6.45) is 3.55. The molecule has 3 atom stereocenters. The molecule has 0 bridgehead atoms. The minimum Gasteiger partial charge on any atom is -0.380 e. The maximum absolute atomic E-state index is 13.9. The van der Waals surface area contributed by atoms with Crippen LogP contribution in [0.4, 0.5) is 15.8 Å². The molecule has 0 aliphatic heterocycles. The molecule has 0 amide bonds. The molecule has 1 fully saturated rings. The first-order chi connectivity index (χ1) is 10.0.